The fraction of sp³-hybridized carbons (Fsp3) is 0.667. The Morgan fingerprint density at radius 1 is 1.19 bits per heavy atom. The van der Waals surface area contributed by atoms with Crippen molar-refractivity contribution in [1.82, 2.24) is 10.2 Å². The molecule has 1 heterocycles. The number of aryl methyl sites for hydroxylation is 1. The van der Waals surface area contributed by atoms with Crippen molar-refractivity contribution in [3.63, 3.8) is 0 Å². The zero-order chi connectivity index (χ0) is 14.4. The summed E-state index contributed by atoms with van der Waals surface area (Å²) in [5.41, 5.74) is 2.38. The average Bonchev–Trinajstić information content (AvgIpc) is 3.36. The number of piperazine rings is 1. The van der Waals surface area contributed by atoms with E-state index in [1.54, 1.807) is 12.1 Å². The maximum Gasteiger partial charge on any atom is 0.123 e. The molecule has 1 saturated heterocycles. The average molecular weight is 288 g/mol. The van der Waals surface area contributed by atoms with Gasteiger partial charge in [0.2, 0.25) is 0 Å². The third kappa shape index (κ3) is 3.00. The molecule has 0 bridgehead atoms. The topological polar surface area (TPSA) is 15.3 Å². The van der Waals surface area contributed by atoms with Gasteiger partial charge in [-0.15, -0.1) is 0 Å². The predicted molar refractivity (Wildman–Crippen MR) is 82.6 cm³/mol. The monoisotopic (exact) mass is 288 g/mol. The first-order valence-corrected chi connectivity index (χ1v) is 8.43. The van der Waals surface area contributed by atoms with Crippen LogP contribution in [0.1, 0.15) is 36.8 Å². The van der Waals surface area contributed by atoms with Gasteiger partial charge in [0.05, 0.1) is 0 Å². The van der Waals surface area contributed by atoms with Crippen LogP contribution in [0.5, 0.6) is 0 Å². The summed E-state index contributed by atoms with van der Waals surface area (Å²) in [6.45, 7) is 5.28. The molecule has 1 aromatic carbocycles. The molecule has 21 heavy (non-hydrogen) atoms. The normalized spacial score (nSPS) is 30.6. The molecule has 2 saturated carbocycles. The minimum absolute atomic E-state index is 0.104. The Morgan fingerprint density at radius 2 is 1.95 bits per heavy atom. The van der Waals surface area contributed by atoms with E-state index in [0.29, 0.717) is 12.1 Å². The van der Waals surface area contributed by atoms with Gasteiger partial charge in [0.15, 0.2) is 0 Å². The lowest BCUT2D eigenvalue weighted by molar-refractivity contribution is 0.100. The van der Waals surface area contributed by atoms with Gasteiger partial charge in [0, 0.05) is 31.7 Å². The van der Waals surface area contributed by atoms with Gasteiger partial charge in [-0.1, -0.05) is 6.07 Å². The van der Waals surface area contributed by atoms with Crippen LogP contribution in [0.25, 0.3) is 0 Å². The first kappa shape index (κ1) is 13.7. The zero-order valence-corrected chi connectivity index (χ0v) is 12.8. The van der Waals surface area contributed by atoms with Crippen LogP contribution in [-0.2, 0) is 6.54 Å². The van der Waals surface area contributed by atoms with Crippen LogP contribution in [0.4, 0.5) is 4.39 Å². The van der Waals surface area contributed by atoms with Gasteiger partial charge in [-0.25, -0.2) is 4.39 Å². The van der Waals surface area contributed by atoms with Gasteiger partial charge in [-0.2, -0.15) is 0 Å². The van der Waals surface area contributed by atoms with E-state index in [-0.39, 0.29) is 5.82 Å². The predicted octanol–water partition coefficient (Wildman–Crippen LogP) is 3.10. The Kier molecular flexibility index (Phi) is 3.50. The smallest absolute Gasteiger partial charge is 0.123 e. The molecule has 0 spiro atoms. The maximum absolute atomic E-state index is 13.6. The van der Waals surface area contributed by atoms with Crippen molar-refractivity contribution in [3.8, 4) is 0 Å². The number of hydrogen-bond acceptors (Lipinski definition) is 2. The van der Waals surface area contributed by atoms with Crippen LogP contribution in [0.3, 0.4) is 0 Å². The van der Waals surface area contributed by atoms with E-state index in [0.717, 1.165) is 37.0 Å². The summed E-state index contributed by atoms with van der Waals surface area (Å²) in [6.07, 6.45) is 5.52. The van der Waals surface area contributed by atoms with Crippen LogP contribution in [0.15, 0.2) is 18.2 Å². The molecular weight excluding hydrogens is 263 g/mol. The molecule has 1 aliphatic heterocycles. The molecule has 114 valence electrons. The van der Waals surface area contributed by atoms with Crippen LogP contribution in [0.2, 0.25) is 0 Å². The summed E-state index contributed by atoms with van der Waals surface area (Å²) >= 11 is 0. The summed E-state index contributed by atoms with van der Waals surface area (Å²) in [5.74, 6) is 1.65. The molecule has 4 rings (SSSR count). The summed E-state index contributed by atoms with van der Waals surface area (Å²) in [4.78, 5) is 2.64. The molecular formula is C18H25FN2. The molecule has 0 amide bonds. The number of benzene rings is 1. The van der Waals surface area contributed by atoms with Crippen LogP contribution in [-0.4, -0.2) is 30.1 Å². The molecule has 2 nitrogen and oxygen atoms in total. The first-order chi connectivity index (χ1) is 10.2. The molecule has 2 aliphatic carbocycles. The number of hydrogen-bond donors (Lipinski definition) is 1. The van der Waals surface area contributed by atoms with Crippen LogP contribution in [0, 0.1) is 24.6 Å². The fourth-order valence-corrected chi connectivity index (χ4v) is 3.82. The van der Waals surface area contributed by atoms with Crippen molar-refractivity contribution in [2.45, 2.75) is 51.2 Å². The number of rotatable bonds is 4. The van der Waals surface area contributed by atoms with Gasteiger partial charge in [0.1, 0.15) is 5.82 Å². The van der Waals surface area contributed by atoms with Gasteiger partial charge in [-0.05, 0) is 67.7 Å². The second-order valence-corrected chi connectivity index (χ2v) is 7.26. The van der Waals surface area contributed by atoms with Gasteiger partial charge >= 0.3 is 0 Å². The third-order valence-electron chi connectivity index (χ3n) is 5.53. The molecule has 1 N–H and O–H groups in total. The molecule has 0 aromatic heterocycles. The molecule has 3 aliphatic rings. The molecule has 2 atom stereocenters. The van der Waals surface area contributed by atoms with E-state index in [2.05, 4.69) is 17.1 Å². The number of nitrogens with one attached hydrogen (secondary N) is 1. The highest BCUT2D eigenvalue weighted by Crippen LogP contribution is 2.40. The number of nitrogens with zero attached hydrogens (tertiary/aromatic N) is 1. The third-order valence-corrected chi connectivity index (χ3v) is 5.53. The zero-order valence-electron chi connectivity index (χ0n) is 12.8. The Labute approximate surface area is 126 Å². The van der Waals surface area contributed by atoms with Crippen molar-refractivity contribution in [3.05, 3.63) is 35.1 Å². The van der Waals surface area contributed by atoms with Crippen molar-refractivity contribution in [1.29, 1.82) is 0 Å². The summed E-state index contributed by atoms with van der Waals surface area (Å²) < 4.78 is 13.6. The lowest BCUT2D eigenvalue weighted by atomic mass is 10.00. The Bertz CT molecular complexity index is 522. The van der Waals surface area contributed by atoms with Crippen molar-refractivity contribution >= 4 is 0 Å². The van der Waals surface area contributed by atoms with Crippen LogP contribution < -0.4 is 5.32 Å². The van der Waals surface area contributed by atoms with E-state index < -0.39 is 0 Å². The van der Waals surface area contributed by atoms with E-state index in [1.807, 2.05) is 6.07 Å². The second-order valence-electron chi connectivity index (χ2n) is 7.26. The quantitative estimate of drug-likeness (QED) is 0.916. The van der Waals surface area contributed by atoms with Crippen molar-refractivity contribution in [2.24, 2.45) is 11.8 Å². The Balaban J connectivity index is 1.52. The Morgan fingerprint density at radius 3 is 2.67 bits per heavy atom. The van der Waals surface area contributed by atoms with Crippen molar-refractivity contribution < 1.29 is 4.39 Å². The highest BCUT2D eigenvalue weighted by atomic mass is 19.1. The molecule has 2 unspecified atom stereocenters. The second kappa shape index (κ2) is 5.36. The van der Waals surface area contributed by atoms with Gasteiger partial charge in [-0.3, -0.25) is 4.90 Å². The SMILES string of the molecule is Cc1ccc(F)cc1CN1CC(C2CC2)NCC1C1CC1. The summed E-state index contributed by atoms with van der Waals surface area (Å²) in [5, 5.41) is 3.78. The van der Waals surface area contributed by atoms with Gasteiger partial charge < -0.3 is 5.32 Å². The lowest BCUT2D eigenvalue weighted by Gasteiger charge is -2.41. The minimum Gasteiger partial charge on any atom is -0.311 e. The summed E-state index contributed by atoms with van der Waals surface area (Å²) in [7, 11) is 0. The standard InChI is InChI=1S/C18H25FN2/c1-12-2-7-16(19)8-15(12)10-21-11-17(13-3-4-13)20-9-18(21)14-5-6-14/h2,7-8,13-14,17-18,20H,3-6,9-11H2,1H3. The number of halogens is 1. The molecule has 3 fully saturated rings. The first-order valence-electron chi connectivity index (χ1n) is 8.43. The maximum atomic E-state index is 13.6. The van der Waals surface area contributed by atoms with E-state index >= 15 is 0 Å². The van der Waals surface area contributed by atoms with Crippen LogP contribution >= 0.6 is 0 Å². The van der Waals surface area contributed by atoms with Crippen molar-refractivity contribution in [2.75, 3.05) is 13.1 Å². The summed E-state index contributed by atoms with van der Waals surface area (Å²) in [6, 6.07) is 6.53. The largest absolute Gasteiger partial charge is 0.311 e. The fourth-order valence-electron chi connectivity index (χ4n) is 3.82. The lowest BCUT2D eigenvalue weighted by Crippen LogP contribution is -2.57. The van der Waals surface area contributed by atoms with E-state index in [9.17, 15) is 4.39 Å². The highest BCUT2D eigenvalue weighted by molar-refractivity contribution is 5.26. The molecule has 0 radical (unpaired) electrons. The highest BCUT2D eigenvalue weighted by Gasteiger charge is 2.42. The minimum atomic E-state index is -0.104. The molecule has 3 heteroatoms. The Hall–Kier alpha value is -0.930. The van der Waals surface area contributed by atoms with E-state index in [1.165, 1.54) is 31.2 Å². The molecule has 1 aromatic rings. The van der Waals surface area contributed by atoms with E-state index in [4.69, 9.17) is 0 Å². The van der Waals surface area contributed by atoms with Gasteiger partial charge in [0.25, 0.3) is 0 Å².